The van der Waals surface area contributed by atoms with Crippen LogP contribution in [0.1, 0.15) is 58.5 Å². The van der Waals surface area contributed by atoms with Crippen molar-refractivity contribution < 1.29 is 18.3 Å². The zero-order chi connectivity index (χ0) is 22.1. The molecule has 162 valence electrons. The Hall–Kier alpha value is -2.49. The van der Waals surface area contributed by atoms with E-state index in [9.17, 15) is 13.6 Å². The van der Waals surface area contributed by atoms with E-state index in [4.69, 9.17) is 4.74 Å². The number of aromatic nitrogens is 3. The van der Waals surface area contributed by atoms with Gasteiger partial charge in [0.25, 0.3) is 0 Å². The summed E-state index contributed by atoms with van der Waals surface area (Å²) in [5.74, 6) is -0.291. The van der Waals surface area contributed by atoms with Gasteiger partial charge in [-0.1, -0.05) is 25.6 Å². The highest BCUT2D eigenvalue weighted by atomic mass is 32.2. The van der Waals surface area contributed by atoms with Gasteiger partial charge in [0, 0.05) is 17.4 Å². The number of alkyl carbamates (subject to hydrolysis) is 1. The molecule has 3 rings (SSSR count). The Balaban J connectivity index is 1.94. The molecule has 0 bridgehead atoms. The third-order valence-corrected chi connectivity index (χ3v) is 5.08. The van der Waals surface area contributed by atoms with Crippen molar-refractivity contribution in [2.75, 3.05) is 5.75 Å². The summed E-state index contributed by atoms with van der Waals surface area (Å²) in [7, 11) is 0. The summed E-state index contributed by atoms with van der Waals surface area (Å²) in [5.41, 5.74) is 0.0132. The van der Waals surface area contributed by atoms with Crippen LogP contribution in [0.15, 0.2) is 28.5 Å². The molecular formula is C20H25F2N5O2S. The number of halogens is 2. The maximum atomic E-state index is 14.3. The van der Waals surface area contributed by atoms with Crippen LogP contribution in [0.2, 0.25) is 0 Å². The Morgan fingerprint density at radius 1 is 1.30 bits per heavy atom. The number of hydrogen-bond donors (Lipinski definition) is 1. The number of carbonyl (C=O) groups is 1. The SMILES string of the molecule is CC(C)CC(NC(=O)OC(C)(C)C)c1nnc2n1N=C(c1ccc(F)cc1F)CS2. The first-order chi connectivity index (χ1) is 14.0. The largest absolute Gasteiger partial charge is 0.444 e. The second-order valence-electron chi connectivity index (χ2n) is 8.44. The zero-order valence-corrected chi connectivity index (χ0v) is 18.4. The van der Waals surface area contributed by atoms with E-state index in [1.165, 1.54) is 28.6 Å². The average molecular weight is 438 g/mol. The van der Waals surface area contributed by atoms with Crippen molar-refractivity contribution in [3.63, 3.8) is 0 Å². The molecule has 2 aromatic rings. The lowest BCUT2D eigenvalue weighted by Gasteiger charge is -2.24. The minimum absolute atomic E-state index is 0.217. The van der Waals surface area contributed by atoms with Crippen LogP contribution in [-0.4, -0.2) is 38.0 Å². The van der Waals surface area contributed by atoms with Crippen molar-refractivity contribution in [2.45, 2.75) is 57.8 Å². The standard InChI is InChI=1S/C20H25F2N5O2S/c1-11(2)8-15(23-19(28)29-20(3,4)5)17-24-25-18-27(17)26-16(10-30-18)13-7-6-12(21)9-14(13)22/h6-7,9,11,15H,8,10H2,1-5H3,(H,23,28). The van der Waals surface area contributed by atoms with Crippen molar-refractivity contribution in [3.8, 4) is 0 Å². The molecule has 2 heterocycles. The van der Waals surface area contributed by atoms with Crippen LogP contribution < -0.4 is 5.32 Å². The topological polar surface area (TPSA) is 81.4 Å². The average Bonchev–Trinajstić information content (AvgIpc) is 3.02. The highest BCUT2D eigenvalue weighted by Crippen LogP contribution is 2.29. The summed E-state index contributed by atoms with van der Waals surface area (Å²) >= 11 is 1.34. The van der Waals surface area contributed by atoms with Crippen LogP contribution in [0.25, 0.3) is 0 Å². The van der Waals surface area contributed by atoms with Crippen LogP contribution in [0.3, 0.4) is 0 Å². The molecule has 0 aliphatic carbocycles. The number of benzene rings is 1. The van der Waals surface area contributed by atoms with E-state index in [0.717, 1.165) is 6.07 Å². The highest BCUT2D eigenvalue weighted by molar-refractivity contribution is 7.99. The number of fused-ring (bicyclic) bond motifs is 1. The lowest BCUT2D eigenvalue weighted by atomic mass is 10.0. The van der Waals surface area contributed by atoms with Crippen molar-refractivity contribution >= 4 is 23.6 Å². The first-order valence-corrected chi connectivity index (χ1v) is 10.6. The fourth-order valence-corrected chi connectivity index (χ4v) is 3.80. The van der Waals surface area contributed by atoms with Gasteiger partial charge in [-0.3, -0.25) is 0 Å². The number of rotatable bonds is 5. The van der Waals surface area contributed by atoms with Crippen molar-refractivity contribution in [2.24, 2.45) is 11.0 Å². The second kappa shape index (κ2) is 8.71. The number of nitrogens with one attached hydrogen (secondary N) is 1. The van der Waals surface area contributed by atoms with E-state index in [1.807, 2.05) is 13.8 Å². The molecule has 1 unspecified atom stereocenters. The molecule has 0 fully saturated rings. The molecule has 1 aliphatic heterocycles. The number of thioether (sulfide) groups is 1. The van der Waals surface area contributed by atoms with E-state index in [0.29, 0.717) is 28.9 Å². The molecule has 0 radical (unpaired) electrons. The molecule has 7 nitrogen and oxygen atoms in total. The van der Waals surface area contributed by atoms with Crippen LogP contribution in [0.4, 0.5) is 13.6 Å². The summed E-state index contributed by atoms with van der Waals surface area (Å²) in [6, 6.07) is 2.89. The monoisotopic (exact) mass is 437 g/mol. The van der Waals surface area contributed by atoms with Gasteiger partial charge < -0.3 is 10.1 Å². The summed E-state index contributed by atoms with van der Waals surface area (Å²) in [5, 5.41) is 16.3. The number of carbonyl (C=O) groups excluding carboxylic acids is 1. The molecule has 0 saturated heterocycles. The first kappa shape index (κ1) is 22.2. The number of nitrogens with zero attached hydrogens (tertiary/aromatic N) is 4. The minimum Gasteiger partial charge on any atom is -0.444 e. The molecule has 1 aromatic heterocycles. The van der Waals surface area contributed by atoms with Gasteiger partial charge in [-0.2, -0.15) is 9.78 Å². The molecule has 1 aliphatic rings. The van der Waals surface area contributed by atoms with E-state index < -0.39 is 29.4 Å². The second-order valence-corrected chi connectivity index (χ2v) is 9.38. The Labute approximate surface area is 178 Å². The smallest absolute Gasteiger partial charge is 0.408 e. The van der Waals surface area contributed by atoms with Gasteiger partial charge >= 0.3 is 6.09 Å². The normalized spacial score (nSPS) is 14.9. The summed E-state index contributed by atoms with van der Waals surface area (Å²) in [4.78, 5) is 12.4. The molecule has 0 spiro atoms. The third kappa shape index (κ3) is 5.35. The third-order valence-electron chi connectivity index (χ3n) is 4.15. The molecule has 1 aromatic carbocycles. The first-order valence-electron chi connectivity index (χ1n) is 9.64. The number of amides is 1. The Bertz CT molecular complexity index is 969. The molecule has 1 atom stereocenters. The van der Waals surface area contributed by atoms with Crippen molar-refractivity contribution in [3.05, 3.63) is 41.2 Å². The number of ether oxygens (including phenoxy) is 1. The van der Waals surface area contributed by atoms with E-state index in [1.54, 1.807) is 20.8 Å². The predicted molar refractivity (Wildman–Crippen MR) is 111 cm³/mol. The van der Waals surface area contributed by atoms with Gasteiger partial charge in [-0.25, -0.2) is 13.6 Å². The lowest BCUT2D eigenvalue weighted by Crippen LogP contribution is -2.36. The van der Waals surface area contributed by atoms with Gasteiger partial charge in [0.1, 0.15) is 17.2 Å². The molecule has 1 N–H and O–H groups in total. The number of hydrogen-bond acceptors (Lipinski definition) is 6. The summed E-state index contributed by atoms with van der Waals surface area (Å²) in [6.07, 6.45) is 0.0143. The molecule has 30 heavy (non-hydrogen) atoms. The maximum Gasteiger partial charge on any atom is 0.408 e. The van der Waals surface area contributed by atoms with Gasteiger partial charge in [-0.05, 0) is 45.2 Å². The van der Waals surface area contributed by atoms with Crippen LogP contribution in [0, 0.1) is 17.6 Å². The molecule has 0 saturated carbocycles. The molecule has 10 heteroatoms. The predicted octanol–water partition coefficient (Wildman–Crippen LogP) is 4.53. The van der Waals surface area contributed by atoms with Crippen LogP contribution in [0.5, 0.6) is 0 Å². The summed E-state index contributed by atoms with van der Waals surface area (Å²) in [6.45, 7) is 9.40. The van der Waals surface area contributed by atoms with Gasteiger partial charge in [0.05, 0.1) is 11.8 Å². The van der Waals surface area contributed by atoms with Crippen LogP contribution >= 0.6 is 11.8 Å². The Kier molecular flexibility index (Phi) is 6.44. The minimum atomic E-state index is -0.682. The Morgan fingerprint density at radius 2 is 2.03 bits per heavy atom. The van der Waals surface area contributed by atoms with Crippen molar-refractivity contribution in [1.29, 1.82) is 0 Å². The van der Waals surface area contributed by atoms with Crippen LogP contribution in [-0.2, 0) is 4.74 Å². The van der Waals surface area contributed by atoms with E-state index in [2.05, 4.69) is 20.6 Å². The lowest BCUT2D eigenvalue weighted by molar-refractivity contribution is 0.0494. The Morgan fingerprint density at radius 3 is 2.67 bits per heavy atom. The molecular weight excluding hydrogens is 412 g/mol. The fraction of sp³-hybridized carbons (Fsp3) is 0.500. The maximum absolute atomic E-state index is 14.3. The van der Waals surface area contributed by atoms with Gasteiger partial charge in [0.15, 0.2) is 5.82 Å². The molecule has 1 amide bonds. The van der Waals surface area contributed by atoms with E-state index in [-0.39, 0.29) is 11.5 Å². The van der Waals surface area contributed by atoms with Crippen molar-refractivity contribution in [1.82, 2.24) is 20.2 Å². The van der Waals surface area contributed by atoms with E-state index >= 15 is 0 Å². The zero-order valence-electron chi connectivity index (χ0n) is 17.6. The quantitative estimate of drug-likeness (QED) is 0.743. The fourth-order valence-electron chi connectivity index (χ4n) is 2.97. The summed E-state index contributed by atoms with van der Waals surface area (Å²) < 4.78 is 34.4. The highest BCUT2D eigenvalue weighted by Gasteiger charge is 2.29. The van der Waals surface area contributed by atoms with Gasteiger partial charge in [0.2, 0.25) is 5.16 Å². The van der Waals surface area contributed by atoms with Gasteiger partial charge in [-0.15, -0.1) is 10.2 Å².